The molecule has 4 nitrogen and oxygen atoms in total. The number of piperidine rings is 1. The van der Waals surface area contributed by atoms with Gasteiger partial charge in [-0.25, -0.2) is 4.79 Å². The molecule has 1 aromatic heterocycles. The highest BCUT2D eigenvalue weighted by Crippen LogP contribution is 2.31. The largest absolute Gasteiger partial charge is 0.422 e. The molecule has 20 heavy (non-hydrogen) atoms. The number of anilines is 1. The molecule has 1 aliphatic heterocycles. The van der Waals surface area contributed by atoms with E-state index < -0.39 is 5.63 Å². The van der Waals surface area contributed by atoms with Gasteiger partial charge >= 0.3 is 5.63 Å². The summed E-state index contributed by atoms with van der Waals surface area (Å²) in [6.45, 7) is 3.97. The van der Waals surface area contributed by atoms with Crippen LogP contribution in [0.15, 0.2) is 33.5 Å². The maximum absolute atomic E-state index is 12.0. The lowest BCUT2D eigenvalue weighted by Crippen LogP contribution is -2.34. The molecule has 2 aromatic rings. The third-order valence-electron chi connectivity index (χ3n) is 4.04. The lowest BCUT2D eigenvalue weighted by Gasteiger charge is -2.33. The molecule has 1 aromatic carbocycles. The molecule has 0 N–H and O–H groups in total. The Hall–Kier alpha value is -2.10. The highest BCUT2D eigenvalue weighted by atomic mass is 16.4. The fourth-order valence-electron chi connectivity index (χ4n) is 2.82. The lowest BCUT2D eigenvalue weighted by atomic mass is 9.97. The smallest absolute Gasteiger partial charge is 0.349 e. The van der Waals surface area contributed by atoms with Crippen molar-refractivity contribution >= 4 is 22.9 Å². The van der Waals surface area contributed by atoms with Crippen LogP contribution in [0.5, 0.6) is 0 Å². The second-order valence-electron chi connectivity index (χ2n) is 5.44. The Labute approximate surface area is 117 Å². The summed E-state index contributed by atoms with van der Waals surface area (Å²) in [7, 11) is 0. The summed E-state index contributed by atoms with van der Waals surface area (Å²) in [6, 6.07) is 7.39. The van der Waals surface area contributed by atoms with E-state index in [-0.39, 0.29) is 5.56 Å². The van der Waals surface area contributed by atoms with E-state index in [1.165, 1.54) is 0 Å². The zero-order valence-electron chi connectivity index (χ0n) is 11.5. The zero-order chi connectivity index (χ0) is 14.1. The molecule has 1 saturated heterocycles. The normalized spacial score (nSPS) is 16.6. The van der Waals surface area contributed by atoms with Gasteiger partial charge in [0.1, 0.15) is 11.1 Å². The van der Waals surface area contributed by atoms with Crippen LogP contribution in [0, 0.1) is 5.92 Å². The highest BCUT2D eigenvalue weighted by Gasteiger charge is 2.23. The monoisotopic (exact) mass is 271 g/mol. The maximum Gasteiger partial charge on any atom is 0.349 e. The zero-order valence-corrected chi connectivity index (χ0v) is 11.5. The number of hydrogen-bond acceptors (Lipinski definition) is 4. The van der Waals surface area contributed by atoms with Crippen LogP contribution >= 0.6 is 0 Å². The highest BCUT2D eigenvalue weighted by molar-refractivity contribution is 5.99. The molecule has 1 fully saturated rings. The van der Waals surface area contributed by atoms with Crippen molar-refractivity contribution in [3.63, 3.8) is 0 Å². The molecule has 0 atom stereocenters. The molecular weight excluding hydrogens is 254 g/mol. The number of para-hydroxylation sites is 1. The van der Waals surface area contributed by atoms with Crippen molar-refractivity contribution in [3.05, 3.63) is 40.2 Å². The Kier molecular flexibility index (Phi) is 3.30. The van der Waals surface area contributed by atoms with Gasteiger partial charge in [0.05, 0.1) is 5.69 Å². The average molecular weight is 271 g/mol. The first-order chi connectivity index (χ1) is 9.70. The summed E-state index contributed by atoms with van der Waals surface area (Å²) >= 11 is 0. The molecule has 2 heterocycles. The predicted molar refractivity (Wildman–Crippen MR) is 78.5 cm³/mol. The number of carbonyl (C=O) groups is 1. The molecule has 4 heteroatoms. The van der Waals surface area contributed by atoms with Gasteiger partial charge in [0.2, 0.25) is 0 Å². The number of rotatable bonds is 2. The van der Waals surface area contributed by atoms with Gasteiger partial charge in [-0.2, -0.15) is 0 Å². The molecule has 3 rings (SSSR count). The maximum atomic E-state index is 12.0. The van der Waals surface area contributed by atoms with E-state index in [9.17, 15) is 9.59 Å². The lowest BCUT2D eigenvalue weighted by molar-refractivity contribution is 0.112. The third-order valence-corrected chi connectivity index (χ3v) is 4.04. The minimum atomic E-state index is -0.549. The summed E-state index contributed by atoms with van der Waals surface area (Å²) in [5.74, 6) is 0.692. The Morgan fingerprint density at radius 1 is 1.25 bits per heavy atom. The quantitative estimate of drug-likeness (QED) is 0.622. The number of fused-ring (bicyclic) bond motifs is 1. The molecule has 0 bridgehead atoms. The van der Waals surface area contributed by atoms with Crippen molar-refractivity contribution < 1.29 is 9.21 Å². The van der Waals surface area contributed by atoms with E-state index in [1.54, 1.807) is 6.07 Å². The third kappa shape index (κ3) is 2.11. The number of benzene rings is 1. The van der Waals surface area contributed by atoms with E-state index in [0.717, 1.165) is 37.0 Å². The summed E-state index contributed by atoms with van der Waals surface area (Å²) in [4.78, 5) is 25.4. The second kappa shape index (κ2) is 5.12. The Morgan fingerprint density at radius 3 is 2.65 bits per heavy atom. The first-order valence-corrected chi connectivity index (χ1v) is 6.96. The molecule has 0 aliphatic carbocycles. The second-order valence-corrected chi connectivity index (χ2v) is 5.44. The van der Waals surface area contributed by atoms with Gasteiger partial charge in [-0.15, -0.1) is 0 Å². The van der Waals surface area contributed by atoms with E-state index >= 15 is 0 Å². The first kappa shape index (κ1) is 12.9. The van der Waals surface area contributed by atoms with E-state index in [2.05, 4.69) is 11.8 Å². The van der Waals surface area contributed by atoms with Crippen molar-refractivity contribution in [2.24, 2.45) is 5.92 Å². The number of aldehydes is 1. The topological polar surface area (TPSA) is 50.5 Å². The minimum absolute atomic E-state index is 0.137. The van der Waals surface area contributed by atoms with Crippen LogP contribution in [0.25, 0.3) is 11.0 Å². The van der Waals surface area contributed by atoms with Crippen LogP contribution < -0.4 is 10.5 Å². The van der Waals surface area contributed by atoms with Crippen molar-refractivity contribution in [3.8, 4) is 0 Å². The van der Waals surface area contributed by atoms with E-state index in [1.807, 2.05) is 18.2 Å². The van der Waals surface area contributed by atoms with Gasteiger partial charge in [-0.1, -0.05) is 19.1 Å². The number of hydrogen-bond donors (Lipinski definition) is 0. The molecule has 0 amide bonds. The van der Waals surface area contributed by atoms with Gasteiger partial charge in [0.15, 0.2) is 6.29 Å². The fourth-order valence-corrected chi connectivity index (χ4v) is 2.82. The minimum Gasteiger partial charge on any atom is -0.422 e. The molecule has 104 valence electrons. The molecule has 0 radical (unpaired) electrons. The van der Waals surface area contributed by atoms with Crippen molar-refractivity contribution in [1.82, 2.24) is 0 Å². The standard InChI is InChI=1S/C16H17NO3/c1-11-6-8-17(9-7-11)15-12-4-2-3-5-14(12)20-16(19)13(15)10-18/h2-5,10-11H,6-9H2,1H3. The van der Waals surface area contributed by atoms with Crippen molar-refractivity contribution in [1.29, 1.82) is 0 Å². The van der Waals surface area contributed by atoms with Gasteiger partial charge in [0, 0.05) is 18.5 Å². The van der Waals surface area contributed by atoms with Crippen molar-refractivity contribution in [2.75, 3.05) is 18.0 Å². The summed E-state index contributed by atoms with van der Waals surface area (Å²) in [5, 5.41) is 0.837. The summed E-state index contributed by atoms with van der Waals surface area (Å²) < 4.78 is 5.22. The van der Waals surface area contributed by atoms with Crippen LogP contribution in [0.3, 0.4) is 0 Å². The number of carbonyl (C=O) groups excluding carboxylic acids is 1. The van der Waals surface area contributed by atoms with Gasteiger partial charge in [-0.3, -0.25) is 4.79 Å². The van der Waals surface area contributed by atoms with E-state index in [4.69, 9.17) is 4.42 Å². The first-order valence-electron chi connectivity index (χ1n) is 6.96. The van der Waals surface area contributed by atoms with Crippen LogP contribution in [0.4, 0.5) is 5.69 Å². The SMILES string of the molecule is CC1CCN(c2c(C=O)c(=O)oc3ccccc23)CC1. The summed E-state index contributed by atoms with van der Waals surface area (Å²) in [5.41, 5.74) is 0.862. The average Bonchev–Trinajstić information content (AvgIpc) is 2.47. The molecule has 0 spiro atoms. The van der Waals surface area contributed by atoms with Crippen LogP contribution in [0.1, 0.15) is 30.1 Å². The molecule has 0 unspecified atom stereocenters. The van der Waals surface area contributed by atoms with Crippen molar-refractivity contribution in [2.45, 2.75) is 19.8 Å². The van der Waals surface area contributed by atoms with Crippen LogP contribution in [-0.4, -0.2) is 19.4 Å². The number of nitrogens with zero attached hydrogens (tertiary/aromatic N) is 1. The van der Waals surface area contributed by atoms with Crippen LogP contribution in [-0.2, 0) is 0 Å². The van der Waals surface area contributed by atoms with E-state index in [0.29, 0.717) is 17.8 Å². The molecular formula is C16H17NO3. The Bertz CT molecular complexity index is 696. The Morgan fingerprint density at radius 2 is 1.95 bits per heavy atom. The van der Waals surface area contributed by atoms with Gasteiger partial charge in [0.25, 0.3) is 0 Å². The summed E-state index contributed by atoms with van der Waals surface area (Å²) in [6.07, 6.45) is 2.77. The van der Waals surface area contributed by atoms with Gasteiger partial charge < -0.3 is 9.32 Å². The fraction of sp³-hybridized carbons (Fsp3) is 0.375. The van der Waals surface area contributed by atoms with Crippen LogP contribution in [0.2, 0.25) is 0 Å². The Balaban J connectivity index is 2.21. The molecule has 1 aliphatic rings. The molecule has 0 saturated carbocycles. The predicted octanol–water partition coefficient (Wildman–Crippen LogP) is 2.84. The van der Waals surface area contributed by atoms with Gasteiger partial charge in [-0.05, 0) is 30.9 Å².